The molecular weight excluding hydrogens is 336 g/mol. The first-order valence-electron chi connectivity index (χ1n) is 7.91. The van der Waals surface area contributed by atoms with Gasteiger partial charge in [-0.1, -0.05) is 23.9 Å². The number of benzene rings is 1. The van der Waals surface area contributed by atoms with E-state index in [0.29, 0.717) is 5.75 Å². The molecule has 4 rings (SSSR count). The Hall–Kier alpha value is -2.80. The lowest BCUT2D eigenvalue weighted by atomic mass is 10.1. The number of carbonyl (C=O) groups is 1. The predicted molar refractivity (Wildman–Crippen MR) is 96.7 cm³/mol. The Morgan fingerprint density at radius 3 is 3.12 bits per heavy atom. The number of nitrogens with one attached hydrogen (secondary N) is 1. The van der Waals surface area contributed by atoms with Crippen molar-refractivity contribution < 1.29 is 9.53 Å². The van der Waals surface area contributed by atoms with Crippen LogP contribution in [0.4, 0.5) is 5.69 Å². The van der Waals surface area contributed by atoms with Crippen LogP contribution in [-0.4, -0.2) is 32.8 Å². The normalized spacial score (nSPS) is 12.6. The molecule has 0 saturated heterocycles. The van der Waals surface area contributed by atoms with E-state index >= 15 is 0 Å². The summed E-state index contributed by atoms with van der Waals surface area (Å²) in [7, 11) is 0. The molecule has 1 aliphatic heterocycles. The maximum atomic E-state index is 12.1. The molecule has 0 radical (unpaired) electrons. The molecule has 7 heteroatoms. The molecular formula is C18H16N4O2S. The van der Waals surface area contributed by atoms with E-state index in [1.807, 2.05) is 24.3 Å². The fourth-order valence-corrected chi connectivity index (χ4v) is 3.53. The number of hydrogen-bond acceptors (Lipinski definition) is 5. The van der Waals surface area contributed by atoms with E-state index < -0.39 is 0 Å². The first-order chi connectivity index (χ1) is 12.3. The number of thioether (sulfide) groups is 1. The highest BCUT2D eigenvalue weighted by atomic mass is 32.2. The topological polar surface area (TPSA) is 69.0 Å². The third-order valence-corrected chi connectivity index (χ3v) is 4.72. The highest BCUT2D eigenvalue weighted by Gasteiger charge is 2.15. The van der Waals surface area contributed by atoms with Gasteiger partial charge in [0.1, 0.15) is 5.75 Å². The van der Waals surface area contributed by atoms with Gasteiger partial charge >= 0.3 is 0 Å². The summed E-state index contributed by atoms with van der Waals surface area (Å²) < 4.78 is 7.56. The van der Waals surface area contributed by atoms with E-state index in [9.17, 15) is 4.79 Å². The van der Waals surface area contributed by atoms with Crippen LogP contribution in [-0.2, 0) is 11.3 Å². The van der Waals surface area contributed by atoms with Gasteiger partial charge in [-0.2, -0.15) is 0 Å². The van der Waals surface area contributed by atoms with E-state index in [-0.39, 0.29) is 12.5 Å². The van der Waals surface area contributed by atoms with E-state index in [4.69, 9.17) is 4.74 Å². The lowest BCUT2D eigenvalue weighted by Gasteiger charge is -2.08. The van der Waals surface area contributed by atoms with Crippen LogP contribution in [0, 0.1) is 0 Å². The number of amides is 1. The molecule has 0 spiro atoms. The van der Waals surface area contributed by atoms with Crippen LogP contribution >= 0.6 is 11.8 Å². The van der Waals surface area contributed by atoms with Gasteiger partial charge in [-0.15, -0.1) is 0 Å². The molecule has 126 valence electrons. The maximum absolute atomic E-state index is 12.1. The van der Waals surface area contributed by atoms with Crippen molar-refractivity contribution in [2.75, 3.05) is 17.7 Å². The van der Waals surface area contributed by atoms with E-state index in [0.717, 1.165) is 34.4 Å². The third-order valence-electron chi connectivity index (χ3n) is 3.75. The quantitative estimate of drug-likeness (QED) is 0.764. The Kier molecular flexibility index (Phi) is 4.39. The number of nitrogens with zero attached hydrogens (tertiary/aromatic N) is 3. The van der Waals surface area contributed by atoms with Crippen molar-refractivity contribution in [3.63, 3.8) is 0 Å². The van der Waals surface area contributed by atoms with Crippen LogP contribution in [0.2, 0.25) is 0 Å². The monoisotopic (exact) mass is 352 g/mol. The second-order valence-corrected chi connectivity index (χ2v) is 6.62. The molecule has 0 aliphatic carbocycles. The molecule has 2 aromatic heterocycles. The second-order valence-electron chi connectivity index (χ2n) is 5.56. The Balaban J connectivity index is 1.41. The Morgan fingerprint density at radius 1 is 1.32 bits per heavy atom. The van der Waals surface area contributed by atoms with Crippen LogP contribution in [0.5, 0.6) is 5.75 Å². The van der Waals surface area contributed by atoms with Crippen molar-refractivity contribution >= 4 is 23.4 Å². The van der Waals surface area contributed by atoms with Gasteiger partial charge in [0.15, 0.2) is 11.8 Å². The van der Waals surface area contributed by atoms with Crippen LogP contribution in [0.1, 0.15) is 0 Å². The first-order valence-corrected chi connectivity index (χ1v) is 8.89. The summed E-state index contributed by atoms with van der Waals surface area (Å²) in [6.45, 7) is 0.931. The van der Waals surface area contributed by atoms with Crippen LogP contribution in [0.3, 0.4) is 0 Å². The molecule has 3 aromatic rings. The summed E-state index contributed by atoms with van der Waals surface area (Å²) in [4.78, 5) is 20.7. The number of aromatic nitrogens is 3. The number of pyridine rings is 1. The van der Waals surface area contributed by atoms with Gasteiger partial charge in [0.25, 0.3) is 5.91 Å². The molecule has 0 atom stereocenters. The van der Waals surface area contributed by atoms with Gasteiger partial charge in [-0.25, -0.2) is 4.98 Å². The minimum Gasteiger partial charge on any atom is -0.482 e. The van der Waals surface area contributed by atoms with Gasteiger partial charge in [-0.3, -0.25) is 9.78 Å². The fourth-order valence-electron chi connectivity index (χ4n) is 2.58. The molecule has 1 aliphatic rings. The van der Waals surface area contributed by atoms with E-state index in [2.05, 4.69) is 26.0 Å². The third kappa shape index (κ3) is 3.66. The van der Waals surface area contributed by atoms with Crippen LogP contribution in [0.15, 0.2) is 60.1 Å². The highest BCUT2D eigenvalue weighted by Crippen LogP contribution is 2.29. The molecule has 0 unspecified atom stereocenters. The minimum atomic E-state index is -0.219. The Labute approximate surface area is 149 Å². The summed E-state index contributed by atoms with van der Waals surface area (Å²) >= 11 is 1.76. The molecule has 1 amide bonds. The van der Waals surface area contributed by atoms with Crippen molar-refractivity contribution in [2.24, 2.45) is 0 Å². The van der Waals surface area contributed by atoms with Crippen molar-refractivity contribution in [3.05, 3.63) is 55.0 Å². The second kappa shape index (κ2) is 6.98. The first kappa shape index (κ1) is 15.7. The number of fused-ring (bicyclic) bond motifs is 1. The maximum Gasteiger partial charge on any atom is 0.262 e. The number of rotatable bonds is 5. The van der Waals surface area contributed by atoms with E-state index in [1.165, 1.54) is 0 Å². The molecule has 6 nitrogen and oxygen atoms in total. The number of anilines is 1. The average molecular weight is 352 g/mol. The van der Waals surface area contributed by atoms with Crippen molar-refractivity contribution in [1.82, 2.24) is 14.5 Å². The predicted octanol–water partition coefficient (Wildman–Crippen LogP) is 3.07. The minimum absolute atomic E-state index is 0.0642. The van der Waals surface area contributed by atoms with Crippen molar-refractivity contribution in [1.29, 1.82) is 0 Å². The zero-order chi connectivity index (χ0) is 17.1. The zero-order valence-electron chi connectivity index (χ0n) is 13.4. The lowest BCUT2D eigenvalue weighted by Crippen LogP contribution is -2.20. The average Bonchev–Trinajstić information content (AvgIpc) is 3.23. The molecule has 1 aromatic carbocycles. The van der Waals surface area contributed by atoms with Gasteiger partial charge in [0.05, 0.1) is 11.9 Å². The number of carbonyl (C=O) groups excluding carboxylic acids is 1. The summed E-state index contributed by atoms with van der Waals surface area (Å²) in [5.41, 5.74) is 2.62. The van der Waals surface area contributed by atoms with Crippen LogP contribution < -0.4 is 10.1 Å². The summed E-state index contributed by atoms with van der Waals surface area (Å²) in [5, 5.41) is 3.90. The van der Waals surface area contributed by atoms with Gasteiger partial charge in [-0.05, 0) is 24.3 Å². The smallest absolute Gasteiger partial charge is 0.262 e. The molecule has 0 fully saturated rings. The van der Waals surface area contributed by atoms with Crippen LogP contribution in [0.25, 0.3) is 11.3 Å². The molecule has 1 N–H and O–H groups in total. The van der Waals surface area contributed by atoms with Gasteiger partial charge in [0.2, 0.25) is 0 Å². The van der Waals surface area contributed by atoms with E-state index in [1.54, 1.807) is 36.3 Å². The summed E-state index contributed by atoms with van der Waals surface area (Å²) in [6, 6.07) is 11.2. The fraction of sp³-hybridized carbons (Fsp3) is 0.167. The number of hydrogen-bond donors (Lipinski definition) is 1. The van der Waals surface area contributed by atoms with Gasteiger partial charge in [0, 0.05) is 35.9 Å². The Bertz CT molecular complexity index is 874. The molecule has 3 heterocycles. The largest absolute Gasteiger partial charge is 0.482 e. The number of ether oxygens (including phenoxy) is 1. The summed E-state index contributed by atoms with van der Waals surface area (Å²) in [6.07, 6.45) is 5.29. The zero-order valence-corrected chi connectivity index (χ0v) is 14.2. The van der Waals surface area contributed by atoms with Gasteiger partial charge < -0.3 is 14.6 Å². The Morgan fingerprint density at radius 2 is 2.28 bits per heavy atom. The number of imidazole rings is 1. The summed E-state index contributed by atoms with van der Waals surface area (Å²) in [5.74, 6) is 1.43. The SMILES string of the molecule is O=C(COc1cccnc1)Nc1cccc(-c2cn3c(n2)SCC3)c1. The molecule has 0 saturated carbocycles. The highest BCUT2D eigenvalue weighted by molar-refractivity contribution is 7.99. The molecule has 0 bridgehead atoms. The molecule has 25 heavy (non-hydrogen) atoms. The standard InChI is InChI=1S/C18H16N4O2S/c23-17(12-24-15-5-2-6-19-10-15)20-14-4-1-3-13(9-14)16-11-22-7-8-25-18(22)21-16/h1-6,9-11H,7-8,12H2,(H,20,23). The lowest BCUT2D eigenvalue weighted by molar-refractivity contribution is -0.118. The number of aryl methyl sites for hydroxylation is 1. The van der Waals surface area contributed by atoms with Crippen molar-refractivity contribution in [2.45, 2.75) is 11.7 Å². The van der Waals surface area contributed by atoms with Crippen molar-refractivity contribution in [3.8, 4) is 17.0 Å².